The fraction of sp³-hybridized carbons (Fsp3) is 0.0938. The Morgan fingerprint density at radius 3 is 2.58 bits per heavy atom. The van der Waals surface area contributed by atoms with Crippen LogP contribution in [0, 0.1) is 6.92 Å². The quantitative estimate of drug-likeness (QED) is 0.181. The first kappa shape index (κ1) is 25.6. The lowest BCUT2D eigenvalue weighted by molar-refractivity contribution is 0.284. The molecule has 0 aliphatic carbocycles. The molecule has 40 heavy (non-hydrogen) atoms. The summed E-state index contributed by atoms with van der Waals surface area (Å²) in [6.45, 7) is 2.38. The van der Waals surface area contributed by atoms with Crippen LogP contribution in [0.3, 0.4) is 0 Å². The van der Waals surface area contributed by atoms with Gasteiger partial charge in [-0.1, -0.05) is 76.1 Å². The van der Waals surface area contributed by atoms with E-state index in [-0.39, 0.29) is 5.56 Å². The van der Waals surface area contributed by atoms with Crippen LogP contribution in [-0.4, -0.2) is 23.0 Å². The topological polar surface area (TPSA) is 78.9 Å². The molecule has 6 rings (SSSR count). The van der Waals surface area contributed by atoms with E-state index in [1.54, 1.807) is 31.5 Å². The van der Waals surface area contributed by atoms with E-state index in [9.17, 15) is 4.79 Å². The zero-order chi connectivity index (χ0) is 27.6. The molecule has 4 aromatic carbocycles. The highest BCUT2D eigenvalue weighted by Gasteiger charge is 2.17. The van der Waals surface area contributed by atoms with E-state index in [1.165, 1.54) is 10.2 Å². The molecule has 2 heterocycles. The number of aromatic nitrogens is 2. The maximum absolute atomic E-state index is 13.7. The summed E-state index contributed by atoms with van der Waals surface area (Å²) in [5.41, 5.74) is 3.74. The molecule has 0 amide bonds. The molecular formula is C32H24BrN3O4. The fourth-order valence-electron chi connectivity index (χ4n) is 4.43. The molecule has 0 saturated heterocycles. The second-order valence-electron chi connectivity index (χ2n) is 9.26. The average Bonchev–Trinajstić information content (AvgIpc) is 3.41. The van der Waals surface area contributed by atoms with Crippen molar-refractivity contribution < 1.29 is 13.9 Å². The second-order valence-corrected chi connectivity index (χ2v) is 10.2. The molecule has 7 nitrogen and oxygen atoms in total. The van der Waals surface area contributed by atoms with Crippen molar-refractivity contribution in [3.8, 4) is 23.1 Å². The Hall–Kier alpha value is -4.69. The van der Waals surface area contributed by atoms with Crippen molar-refractivity contribution in [3.05, 3.63) is 123 Å². The van der Waals surface area contributed by atoms with E-state index in [4.69, 9.17) is 18.9 Å². The molecular weight excluding hydrogens is 570 g/mol. The average molecular weight is 594 g/mol. The van der Waals surface area contributed by atoms with Crippen LogP contribution < -0.4 is 15.0 Å². The highest BCUT2D eigenvalue weighted by molar-refractivity contribution is 9.10. The lowest BCUT2D eigenvalue weighted by atomic mass is 10.1. The van der Waals surface area contributed by atoms with E-state index in [0.717, 1.165) is 15.4 Å². The summed E-state index contributed by atoms with van der Waals surface area (Å²) in [5.74, 6) is 1.76. The number of methoxy groups -OCH3 is 1. The van der Waals surface area contributed by atoms with E-state index in [0.29, 0.717) is 51.7 Å². The molecule has 0 spiro atoms. The summed E-state index contributed by atoms with van der Waals surface area (Å²) < 4.78 is 20.0. The largest absolute Gasteiger partial charge is 0.493 e. The summed E-state index contributed by atoms with van der Waals surface area (Å²) in [6.07, 6.45) is 1.57. The molecule has 198 valence electrons. The summed E-state index contributed by atoms with van der Waals surface area (Å²) in [6, 6.07) is 28.5. The van der Waals surface area contributed by atoms with E-state index in [1.807, 2.05) is 79.7 Å². The van der Waals surface area contributed by atoms with Crippen LogP contribution in [0.2, 0.25) is 0 Å². The Morgan fingerprint density at radius 1 is 1.00 bits per heavy atom. The predicted octanol–water partition coefficient (Wildman–Crippen LogP) is 7.35. The van der Waals surface area contributed by atoms with Crippen molar-refractivity contribution in [1.82, 2.24) is 9.66 Å². The van der Waals surface area contributed by atoms with Gasteiger partial charge in [-0.05, 0) is 48.9 Å². The number of hydrogen-bond acceptors (Lipinski definition) is 6. The normalized spacial score (nSPS) is 11.5. The zero-order valence-electron chi connectivity index (χ0n) is 21.8. The number of fused-ring (bicyclic) bond motifs is 2. The van der Waals surface area contributed by atoms with Gasteiger partial charge in [0.25, 0.3) is 5.56 Å². The van der Waals surface area contributed by atoms with Crippen molar-refractivity contribution in [2.24, 2.45) is 5.10 Å². The number of benzene rings is 4. The first-order chi connectivity index (χ1) is 19.5. The third-order valence-electron chi connectivity index (χ3n) is 6.48. The first-order valence-electron chi connectivity index (χ1n) is 12.6. The van der Waals surface area contributed by atoms with Crippen molar-refractivity contribution in [3.63, 3.8) is 0 Å². The molecule has 2 aromatic heterocycles. The minimum Gasteiger partial charge on any atom is -0.493 e. The monoisotopic (exact) mass is 593 g/mol. The van der Waals surface area contributed by atoms with Crippen LogP contribution in [-0.2, 0) is 6.61 Å². The van der Waals surface area contributed by atoms with Crippen LogP contribution in [0.15, 0.2) is 110 Å². The Morgan fingerprint density at radius 2 is 1.77 bits per heavy atom. The molecule has 0 aliphatic rings. The summed E-state index contributed by atoms with van der Waals surface area (Å²) >= 11 is 3.54. The minimum atomic E-state index is -0.318. The van der Waals surface area contributed by atoms with Crippen LogP contribution >= 0.6 is 15.9 Å². The lowest BCUT2D eigenvalue weighted by Gasteiger charge is -2.14. The fourth-order valence-corrected chi connectivity index (χ4v) is 4.89. The van der Waals surface area contributed by atoms with Crippen LogP contribution in [0.25, 0.3) is 33.5 Å². The number of para-hydroxylation sites is 2. The lowest BCUT2D eigenvalue weighted by Crippen LogP contribution is -2.20. The summed E-state index contributed by atoms with van der Waals surface area (Å²) in [5, 5.41) is 5.96. The molecule has 0 radical (unpaired) electrons. The molecule has 0 atom stereocenters. The minimum absolute atomic E-state index is 0.292. The van der Waals surface area contributed by atoms with Crippen LogP contribution in [0.4, 0.5) is 0 Å². The van der Waals surface area contributed by atoms with E-state index >= 15 is 0 Å². The van der Waals surface area contributed by atoms with Gasteiger partial charge in [0.15, 0.2) is 17.3 Å². The van der Waals surface area contributed by atoms with Crippen LogP contribution in [0.1, 0.15) is 16.7 Å². The van der Waals surface area contributed by atoms with Crippen molar-refractivity contribution in [2.45, 2.75) is 13.5 Å². The van der Waals surface area contributed by atoms with E-state index in [2.05, 4.69) is 21.0 Å². The smallest absolute Gasteiger partial charge is 0.282 e. The van der Waals surface area contributed by atoms with Gasteiger partial charge >= 0.3 is 0 Å². The predicted molar refractivity (Wildman–Crippen MR) is 160 cm³/mol. The number of aryl methyl sites for hydroxylation is 1. The number of rotatable bonds is 7. The highest BCUT2D eigenvalue weighted by atomic mass is 79.9. The molecule has 0 saturated carbocycles. The number of hydrogen-bond donors (Lipinski definition) is 0. The van der Waals surface area contributed by atoms with Gasteiger partial charge in [-0.3, -0.25) is 4.79 Å². The van der Waals surface area contributed by atoms with Crippen molar-refractivity contribution in [1.29, 1.82) is 0 Å². The molecule has 0 fully saturated rings. The molecule has 0 unspecified atom stereocenters. The van der Waals surface area contributed by atoms with Gasteiger partial charge < -0.3 is 13.9 Å². The molecule has 6 aromatic rings. The van der Waals surface area contributed by atoms with Crippen molar-refractivity contribution >= 4 is 44.0 Å². The maximum Gasteiger partial charge on any atom is 0.282 e. The zero-order valence-corrected chi connectivity index (χ0v) is 23.4. The maximum atomic E-state index is 13.7. The van der Waals surface area contributed by atoms with Gasteiger partial charge in [-0.15, -0.1) is 0 Å². The Balaban J connectivity index is 1.47. The molecule has 8 heteroatoms. The second kappa shape index (κ2) is 10.8. The number of halogens is 1. The number of ether oxygens (including phenoxy) is 2. The van der Waals surface area contributed by atoms with Crippen molar-refractivity contribution in [2.75, 3.05) is 7.11 Å². The van der Waals surface area contributed by atoms with E-state index < -0.39 is 0 Å². The number of furan rings is 1. The first-order valence-corrected chi connectivity index (χ1v) is 13.4. The molecule has 0 aliphatic heterocycles. The third kappa shape index (κ3) is 5.01. The van der Waals surface area contributed by atoms with Gasteiger partial charge in [-0.25, -0.2) is 4.98 Å². The Labute approximate surface area is 238 Å². The molecule has 0 bridgehead atoms. The number of nitrogens with zero attached hydrogens (tertiary/aromatic N) is 3. The third-order valence-corrected chi connectivity index (χ3v) is 6.94. The standard InChI is InChI=1S/C32H24BrN3O4/c1-20-11-13-21(14-12-20)19-39-30-23(15-24(33)17-28(30)38-2)18-34-36-31(29-16-22-7-3-6-10-27(22)40-29)35-26-9-5-4-8-25(26)32(36)37/h3-18H,19H2,1-2H3. The van der Waals surface area contributed by atoms with Gasteiger partial charge in [0.2, 0.25) is 5.82 Å². The van der Waals surface area contributed by atoms with Gasteiger partial charge in [-0.2, -0.15) is 9.78 Å². The summed E-state index contributed by atoms with van der Waals surface area (Å²) in [7, 11) is 1.58. The van der Waals surface area contributed by atoms with Gasteiger partial charge in [0.05, 0.1) is 24.2 Å². The SMILES string of the molecule is COc1cc(Br)cc(C=Nn2c(-c3cc4ccccc4o3)nc3ccccc3c2=O)c1OCc1ccc(C)cc1. The molecule has 0 N–H and O–H groups in total. The Bertz CT molecular complexity index is 1910. The Kier molecular flexibility index (Phi) is 6.92. The highest BCUT2D eigenvalue weighted by Crippen LogP contribution is 2.35. The van der Waals surface area contributed by atoms with Gasteiger partial charge in [0, 0.05) is 15.4 Å². The van der Waals surface area contributed by atoms with Crippen LogP contribution in [0.5, 0.6) is 11.5 Å². The summed E-state index contributed by atoms with van der Waals surface area (Å²) in [4.78, 5) is 18.4. The van der Waals surface area contributed by atoms with Gasteiger partial charge in [0.1, 0.15) is 12.2 Å².